The van der Waals surface area contributed by atoms with Crippen LogP contribution in [0.15, 0.2) is 65.6 Å². The molecule has 0 saturated carbocycles. The van der Waals surface area contributed by atoms with Crippen LogP contribution in [0.5, 0.6) is 0 Å². The lowest BCUT2D eigenvalue weighted by molar-refractivity contribution is -0.138. The van der Waals surface area contributed by atoms with Crippen LogP contribution in [-0.4, -0.2) is 37.6 Å². The second-order valence-electron chi connectivity index (χ2n) is 9.48. The van der Waals surface area contributed by atoms with E-state index < -0.39 is 22.0 Å². The molecule has 3 aromatic rings. The van der Waals surface area contributed by atoms with E-state index in [0.29, 0.717) is 22.4 Å². The minimum Gasteiger partial charge on any atom is -0.480 e. The second kappa shape index (κ2) is 11.6. The van der Waals surface area contributed by atoms with Crippen molar-refractivity contribution < 1.29 is 23.1 Å². The Kier molecular flexibility index (Phi) is 8.73. The van der Waals surface area contributed by atoms with Gasteiger partial charge in [0.15, 0.2) is 0 Å². The summed E-state index contributed by atoms with van der Waals surface area (Å²) < 4.78 is 28.7. The summed E-state index contributed by atoms with van der Waals surface area (Å²) in [6.07, 6.45) is -0.0406. The highest BCUT2D eigenvalue weighted by Crippen LogP contribution is 2.25. The van der Waals surface area contributed by atoms with E-state index in [1.807, 2.05) is 51.1 Å². The number of carbonyl (C=O) groups excluding carboxylic acids is 1. The highest BCUT2D eigenvalue weighted by molar-refractivity contribution is 7.89. The average Bonchev–Trinajstić information content (AvgIpc) is 2.77. The minimum absolute atomic E-state index is 0.00157. The van der Waals surface area contributed by atoms with Crippen molar-refractivity contribution >= 4 is 27.7 Å². The van der Waals surface area contributed by atoms with Gasteiger partial charge in [0.1, 0.15) is 6.04 Å². The molecule has 2 amide bonds. The highest BCUT2D eigenvalue weighted by atomic mass is 32.2. The van der Waals surface area contributed by atoms with Crippen LogP contribution in [0.2, 0.25) is 0 Å². The van der Waals surface area contributed by atoms with Gasteiger partial charge in [-0.1, -0.05) is 54.1 Å². The molecule has 9 heteroatoms. The van der Waals surface area contributed by atoms with Crippen molar-refractivity contribution in [1.29, 1.82) is 0 Å². The lowest BCUT2D eigenvalue weighted by Crippen LogP contribution is -2.42. The Morgan fingerprint density at radius 1 is 0.892 bits per heavy atom. The normalized spacial score (nSPS) is 12.3. The highest BCUT2D eigenvalue weighted by Gasteiger charge is 2.28. The molecule has 0 aromatic heterocycles. The number of anilines is 1. The number of carbonyl (C=O) groups is 2. The molecule has 3 rings (SSSR count). The van der Waals surface area contributed by atoms with Crippen LogP contribution in [0, 0.1) is 20.8 Å². The number of hydrogen-bond acceptors (Lipinski definition) is 4. The minimum atomic E-state index is -4.07. The summed E-state index contributed by atoms with van der Waals surface area (Å²) in [5.74, 6) is -1.27. The third kappa shape index (κ3) is 7.41. The molecule has 196 valence electrons. The number of hydrogen-bond donors (Lipinski definition) is 4. The summed E-state index contributed by atoms with van der Waals surface area (Å²) in [4.78, 5) is 24.2. The van der Waals surface area contributed by atoms with Crippen LogP contribution in [0.4, 0.5) is 10.5 Å². The largest absolute Gasteiger partial charge is 0.480 e. The van der Waals surface area contributed by atoms with Crippen LogP contribution in [0.25, 0.3) is 11.1 Å². The van der Waals surface area contributed by atoms with Crippen LogP contribution in [0.1, 0.15) is 36.1 Å². The SMILES string of the molecule is Cc1cc(C)c(S(=O)(=O)NC(Cc2cccc(-c3cccc(NC(=O)NC(C)C)c3)c2)C(=O)O)c(C)c1. The Balaban J connectivity index is 1.83. The number of rotatable bonds is 9. The monoisotopic (exact) mass is 523 g/mol. The van der Waals surface area contributed by atoms with Gasteiger partial charge in [-0.2, -0.15) is 4.72 Å². The van der Waals surface area contributed by atoms with Crippen LogP contribution < -0.4 is 15.4 Å². The number of sulfonamides is 1. The fourth-order valence-corrected chi connectivity index (χ4v) is 5.98. The van der Waals surface area contributed by atoms with E-state index in [9.17, 15) is 23.1 Å². The predicted molar refractivity (Wildman–Crippen MR) is 145 cm³/mol. The molecule has 0 spiro atoms. The van der Waals surface area contributed by atoms with Gasteiger partial charge in [0.2, 0.25) is 10.0 Å². The molecule has 0 radical (unpaired) electrons. The summed E-state index contributed by atoms with van der Waals surface area (Å²) >= 11 is 0. The first kappa shape index (κ1) is 27.9. The van der Waals surface area contributed by atoms with E-state index in [4.69, 9.17) is 0 Å². The third-order valence-corrected chi connectivity index (χ3v) is 7.49. The molecular weight excluding hydrogens is 490 g/mol. The molecule has 8 nitrogen and oxygen atoms in total. The van der Waals surface area contributed by atoms with Crippen LogP contribution in [0.3, 0.4) is 0 Å². The quantitative estimate of drug-likeness (QED) is 0.321. The molecule has 0 aliphatic heterocycles. The molecule has 37 heavy (non-hydrogen) atoms. The average molecular weight is 524 g/mol. The molecule has 0 aliphatic rings. The van der Waals surface area contributed by atoms with Crippen LogP contribution >= 0.6 is 0 Å². The Morgan fingerprint density at radius 2 is 1.49 bits per heavy atom. The number of carboxylic acids is 1. The maximum atomic E-state index is 13.2. The summed E-state index contributed by atoms with van der Waals surface area (Å²) in [5.41, 5.74) is 4.95. The summed E-state index contributed by atoms with van der Waals surface area (Å²) in [6, 6.07) is 16.4. The Bertz CT molecular complexity index is 1390. The molecule has 3 aromatic carbocycles. The number of aryl methyl sites for hydroxylation is 3. The van der Waals surface area contributed by atoms with Gasteiger partial charge >= 0.3 is 12.0 Å². The number of aliphatic carboxylic acids is 1. The van der Waals surface area contributed by atoms with Crippen LogP contribution in [-0.2, 0) is 21.2 Å². The van der Waals surface area contributed by atoms with Crippen molar-refractivity contribution in [3.8, 4) is 11.1 Å². The van der Waals surface area contributed by atoms with Crippen molar-refractivity contribution in [2.24, 2.45) is 0 Å². The molecule has 0 heterocycles. The van der Waals surface area contributed by atoms with Crippen molar-refractivity contribution in [3.63, 3.8) is 0 Å². The number of nitrogens with one attached hydrogen (secondary N) is 3. The van der Waals surface area contributed by atoms with Gasteiger partial charge < -0.3 is 15.7 Å². The van der Waals surface area contributed by atoms with Gasteiger partial charge in [0, 0.05) is 11.7 Å². The van der Waals surface area contributed by atoms with Crippen molar-refractivity contribution in [2.45, 2.75) is 58.0 Å². The Labute approximate surface area is 218 Å². The number of benzene rings is 3. The van der Waals surface area contributed by atoms with E-state index >= 15 is 0 Å². The van der Waals surface area contributed by atoms with E-state index in [1.54, 1.807) is 44.2 Å². The molecule has 0 fully saturated rings. The Morgan fingerprint density at radius 3 is 2.08 bits per heavy atom. The molecule has 1 unspecified atom stereocenters. The lowest BCUT2D eigenvalue weighted by atomic mass is 9.99. The number of amides is 2. The fraction of sp³-hybridized carbons (Fsp3) is 0.286. The van der Waals surface area contributed by atoms with E-state index in [2.05, 4.69) is 15.4 Å². The first-order chi connectivity index (χ1) is 17.4. The van der Waals surface area contributed by atoms with E-state index in [-0.39, 0.29) is 23.4 Å². The molecular formula is C28H33N3O5S. The van der Waals surface area contributed by atoms with Gasteiger partial charge in [-0.15, -0.1) is 0 Å². The lowest BCUT2D eigenvalue weighted by Gasteiger charge is -2.18. The molecule has 0 bridgehead atoms. The zero-order chi connectivity index (χ0) is 27.3. The second-order valence-corrected chi connectivity index (χ2v) is 11.1. The maximum Gasteiger partial charge on any atom is 0.322 e. The van der Waals surface area contributed by atoms with Crippen molar-refractivity contribution in [2.75, 3.05) is 5.32 Å². The van der Waals surface area contributed by atoms with Crippen molar-refractivity contribution in [1.82, 2.24) is 10.0 Å². The van der Waals surface area contributed by atoms with Crippen molar-refractivity contribution in [3.05, 3.63) is 82.9 Å². The third-order valence-electron chi connectivity index (χ3n) is 5.71. The topological polar surface area (TPSA) is 125 Å². The molecule has 4 N–H and O–H groups in total. The van der Waals surface area contributed by atoms with Gasteiger partial charge in [-0.25, -0.2) is 13.2 Å². The first-order valence-corrected chi connectivity index (χ1v) is 13.4. The maximum absolute atomic E-state index is 13.2. The summed E-state index contributed by atoms with van der Waals surface area (Å²) in [5, 5.41) is 15.4. The first-order valence-electron chi connectivity index (χ1n) is 12.0. The predicted octanol–water partition coefficient (Wildman–Crippen LogP) is 4.78. The zero-order valence-electron chi connectivity index (χ0n) is 21.6. The standard InChI is InChI=1S/C28H33N3O5S/c1-17(2)29-28(34)30-24-11-7-10-23(16-24)22-9-6-8-21(14-22)15-25(27(32)33)31-37(35,36)26-19(4)12-18(3)13-20(26)5/h6-14,16-17,25,31H,15H2,1-5H3,(H,32,33)(H2,29,30,34). The summed E-state index contributed by atoms with van der Waals surface area (Å²) in [6.45, 7) is 9.01. The van der Waals surface area contributed by atoms with E-state index in [0.717, 1.165) is 16.7 Å². The zero-order valence-corrected chi connectivity index (χ0v) is 22.4. The smallest absolute Gasteiger partial charge is 0.322 e. The van der Waals surface area contributed by atoms with Gasteiger partial charge in [0.05, 0.1) is 4.90 Å². The van der Waals surface area contributed by atoms with E-state index in [1.165, 1.54) is 0 Å². The molecule has 1 atom stereocenters. The Hall–Kier alpha value is -3.69. The molecule has 0 saturated heterocycles. The summed E-state index contributed by atoms with van der Waals surface area (Å²) in [7, 11) is -4.07. The van der Waals surface area contributed by atoms with Gasteiger partial charge in [0.25, 0.3) is 0 Å². The fourth-order valence-electron chi connectivity index (χ4n) is 4.34. The molecule has 0 aliphatic carbocycles. The number of carboxylic acid groups (broad SMARTS) is 1. The van der Waals surface area contributed by atoms with Gasteiger partial charge in [-0.05, 0) is 81.0 Å². The number of urea groups is 1. The van der Waals surface area contributed by atoms with Gasteiger partial charge in [-0.3, -0.25) is 4.79 Å².